The fourth-order valence-corrected chi connectivity index (χ4v) is 2.19. The molecule has 1 nitrogen and oxygen atoms in total. The van der Waals surface area contributed by atoms with Gasteiger partial charge in [-0.2, -0.15) is 5.26 Å². The number of nitrogens with zero attached hydrogens (tertiary/aromatic N) is 1. The summed E-state index contributed by atoms with van der Waals surface area (Å²) in [5, 5.41) is 11.6. The summed E-state index contributed by atoms with van der Waals surface area (Å²) in [5.41, 5.74) is 2.80. The molecule has 0 bridgehead atoms. The summed E-state index contributed by atoms with van der Waals surface area (Å²) in [6.07, 6.45) is 0. The van der Waals surface area contributed by atoms with Gasteiger partial charge >= 0.3 is 0 Å². The minimum Gasteiger partial charge on any atom is -0.192 e. The molecule has 3 aromatic carbocycles. The maximum atomic E-state index is 9.29. The van der Waals surface area contributed by atoms with Crippen molar-refractivity contribution < 1.29 is 0 Å². The smallest absolute Gasteiger partial charge is 0.0998 e. The second kappa shape index (κ2) is 4.35. The zero-order valence-corrected chi connectivity index (χ0v) is 9.80. The fraction of sp³-hybridized carbons (Fsp3) is 0. The second-order valence-corrected chi connectivity index (χ2v) is 4.22. The number of fused-ring (bicyclic) bond motifs is 1. The number of rotatable bonds is 1. The summed E-state index contributed by atoms with van der Waals surface area (Å²) < 4.78 is 0. The van der Waals surface area contributed by atoms with E-state index in [1.54, 1.807) is 0 Å². The molecule has 0 spiro atoms. The molecular weight excluding hydrogens is 218 g/mol. The Hall–Kier alpha value is -2.59. The normalized spacial score (nSPS) is 10.2. The molecule has 0 fully saturated rings. The van der Waals surface area contributed by atoms with Crippen molar-refractivity contribution in [2.24, 2.45) is 0 Å². The lowest BCUT2D eigenvalue weighted by Gasteiger charge is -2.06. The van der Waals surface area contributed by atoms with Gasteiger partial charge < -0.3 is 0 Å². The molecule has 0 aliphatic carbocycles. The first kappa shape index (κ1) is 10.6. The molecule has 3 rings (SSSR count). The summed E-state index contributed by atoms with van der Waals surface area (Å²) >= 11 is 0. The molecule has 0 aliphatic rings. The summed E-state index contributed by atoms with van der Waals surface area (Å²) in [7, 11) is 0. The highest BCUT2D eigenvalue weighted by Gasteiger charge is 2.06. The van der Waals surface area contributed by atoms with Gasteiger partial charge in [0.05, 0.1) is 11.6 Å². The average Bonchev–Trinajstić information content (AvgIpc) is 2.46. The lowest BCUT2D eigenvalue weighted by molar-refractivity contribution is 1.49. The van der Waals surface area contributed by atoms with Crippen LogP contribution in [0.1, 0.15) is 5.56 Å². The van der Waals surface area contributed by atoms with Gasteiger partial charge in [-0.25, -0.2) is 0 Å². The van der Waals surface area contributed by atoms with E-state index in [1.165, 1.54) is 0 Å². The van der Waals surface area contributed by atoms with Crippen LogP contribution in [-0.2, 0) is 0 Å². The van der Waals surface area contributed by atoms with Gasteiger partial charge in [0.2, 0.25) is 0 Å². The Labute approximate surface area is 106 Å². The molecule has 0 aromatic heterocycles. The molecular formula is C17H11N. The number of nitriles is 1. The van der Waals surface area contributed by atoms with Crippen LogP contribution < -0.4 is 0 Å². The highest BCUT2D eigenvalue weighted by atomic mass is 14.2. The molecule has 0 atom stereocenters. The minimum absolute atomic E-state index is 0.722. The molecule has 18 heavy (non-hydrogen) atoms. The van der Waals surface area contributed by atoms with Crippen LogP contribution in [-0.4, -0.2) is 0 Å². The zero-order chi connectivity index (χ0) is 12.4. The van der Waals surface area contributed by atoms with Crippen molar-refractivity contribution in [2.45, 2.75) is 0 Å². The van der Waals surface area contributed by atoms with E-state index < -0.39 is 0 Å². The van der Waals surface area contributed by atoms with Crippen molar-refractivity contribution in [3.05, 3.63) is 72.3 Å². The van der Waals surface area contributed by atoms with Gasteiger partial charge in [-0.15, -0.1) is 0 Å². The summed E-state index contributed by atoms with van der Waals surface area (Å²) in [6.45, 7) is 0. The van der Waals surface area contributed by atoms with Crippen molar-refractivity contribution in [1.29, 1.82) is 5.26 Å². The molecule has 0 aliphatic heterocycles. The molecule has 0 N–H and O–H groups in total. The standard InChI is InChI=1S/C17H11N/c18-12-16-10-14-8-4-5-9-15(14)11-17(16)13-6-2-1-3-7-13/h1-11H. The van der Waals surface area contributed by atoms with Crippen LogP contribution >= 0.6 is 0 Å². The van der Waals surface area contributed by atoms with Gasteiger partial charge in [0.15, 0.2) is 0 Å². The van der Waals surface area contributed by atoms with Crippen molar-refractivity contribution in [3.63, 3.8) is 0 Å². The number of hydrogen-bond acceptors (Lipinski definition) is 1. The first-order valence-electron chi connectivity index (χ1n) is 5.87. The summed E-state index contributed by atoms with van der Waals surface area (Å²) in [4.78, 5) is 0. The molecule has 1 heteroatoms. The first-order chi connectivity index (χ1) is 8.88. The van der Waals surface area contributed by atoms with Crippen LogP contribution in [0.5, 0.6) is 0 Å². The van der Waals surface area contributed by atoms with E-state index >= 15 is 0 Å². The van der Waals surface area contributed by atoms with E-state index in [0.717, 1.165) is 27.5 Å². The van der Waals surface area contributed by atoms with Crippen LogP contribution in [0.3, 0.4) is 0 Å². The van der Waals surface area contributed by atoms with Crippen LogP contribution in [0, 0.1) is 11.3 Å². The molecule has 0 unspecified atom stereocenters. The Morgan fingerprint density at radius 3 is 2.00 bits per heavy atom. The monoisotopic (exact) mass is 229 g/mol. The lowest BCUT2D eigenvalue weighted by Crippen LogP contribution is -1.85. The highest BCUT2D eigenvalue weighted by Crippen LogP contribution is 2.28. The quantitative estimate of drug-likeness (QED) is 0.607. The van der Waals surface area contributed by atoms with E-state index in [0.29, 0.717) is 0 Å². The second-order valence-electron chi connectivity index (χ2n) is 4.22. The maximum absolute atomic E-state index is 9.29. The Morgan fingerprint density at radius 1 is 0.722 bits per heavy atom. The lowest BCUT2D eigenvalue weighted by atomic mass is 9.96. The van der Waals surface area contributed by atoms with Crippen LogP contribution in [0.2, 0.25) is 0 Å². The van der Waals surface area contributed by atoms with Crippen molar-refractivity contribution in [3.8, 4) is 17.2 Å². The van der Waals surface area contributed by atoms with Crippen LogP contribution in [0.4, 0.5) is 0 Å². The predicted molar refractivity (Wildman–Crippen MR) is 74.1 cm³/mol. The first-order valence-corrected chi connectivity index (χ1v) is 5.87. The Morgan fingerprint density at radius 2 is 1.33 bits per heavy atom. The average molecular weight is 229 g/mol. The fourth-order valence-electron chi connectivity index (χ4n) is 2.19. The Bertz CT molecular complexity index is 736. The topological polar surface area (TPSA) is 23.8 Å². The molecule has 0 saturated heterocycles. The third-order valence-corrected chi connectivity index (χ3v) is 3.09. The SMILES string of the molecule is N#Cc1cc2ccccc2cc1-c1ccccc1. The molecule has 0 heterocycles. The molecule has 0 amide bonds. The van der Waals surface area contributed by atoms with E-state index in [-0.39, 0.29) is 0 Å². The van der Waals surface area contributed by atoms with Crippen LogP contribution in [0.15, 0.2) is 66.7 Å². The van der Waals surface area contributed by atoms with E-state index in [2.05, 4.69) is 18.2 Å². The largest absolute Gasteiger partial charge is 0.192 e. The third kappa shape index (κ3) is 1.74. The zero-order valence-electron chi connectivity index (χ0n) is 9.80. The van der Waals surface area contributed by atoms with Gasteiger partial charge in [0, 0.05) is 5.56 Å². The van der Waals surface area contributed by atoms with Gasteiger partial charge in [0.1, 0.15) is 0 Å². The van der Waals surface area contributed by atoms with Crippen molar-refractivity contribution >= 4 is 10.8 Å². The minimum atomic E-state index is 0.722. The van der Waals surface area contributed by atoms with Gasteiger partial charge in [0.25, 0.3) is 0 Å². The molecule has 84 valence electrons. The predicted octanol–water partition coefficient (Wildman–Crippen LogP) is 4.38. The van der Waals surface area contributed by atoms with Gasteiger partial charge in [-0.3, -0.25) is 0 Å². The molecule has 0 radical (unpaired) electrons. The number of benzene rings is 3. The highest BCUT2D eigenvalue weighted by molar-refractivity contribution is 5.90. The van der Waals surface area contributed by atoms with Crippen LogP contribution in [0.25, 0.3) is 21.9 Å². The summed E-state index contributed by atoms with van der Waals surface area (Å²) in [6, 6.07) is 24.5. The molecule has 0 saturated carbocycles. The number of hydrogen-bond donors (Lipinski definition) is 0. The van der Waals surface area contributed by atoms with E-state index in [9.17, 15) is 5.26 Å². The third-order valence-electron chi connectivity index (χ3n) is 3.09. The Kier molecular flexibility index (Phi) is 2.55. The molecule has 3 aromatic rings. The van der Waals surface area contributed by atoms with Crippen molar-refractivity contribution in [1.82, 2.24) is 0 Å². The van der Waals surface area contributed by atoms with Gasteiger partial charge in [-0.05, 0) is 28.5 Å². The van der Waals surface area contributed by atoms with Gasteiger partial charge in [-0.1, -0.05) is 54.6 Å². The maximum Gasteiger partial charge on any atom is 0.0998 e. The van der Waals surface area contributed by atoms with E-state index in [1.807, 2.05) is 54.6 Å². The van der Waals surface area contributed by atoms with E-state index in [4.69, 9.17) is 0 Å². The summed E-state index contributed by atoms with van der Waals surface area (Å²) in [5.74, 6) is 0. The Balaban J connectivity index is 2.32. The van der Waals surface area contributed by atoms with Crippen molar-refractivity contribution in [2.75, 3.05) is 0 Å².